The molecule has 0 fully saturated rings. The lowest BCUT2D eigenvalue weighted by Gasteiger charge is -2.11. The van der Waals surface area contributed by atoms with E-state index in [4.69, 9.17) is 11.6 Å². The molecule has 1 aromatic heterocycles. The minimum Gasteiger partial charge on any atom is -0.376 e. The molecule has 0 spiro atoms. The molecule has 3 aromatic rings. The fourth-order valence-corrected chi connectivity index (χ4v) is 3.21. The molecule has 0 bridgehead atoms. The van der Waals surface area contributed by atoms with Gasteiger partial charge in [0.05, 0.1) is 23.5 Å². The van der Waals surface area contributed by atoms with Crippen LogP contribution in [0.25, 0.3) is 5.69 Å². The van der Waals surface area contributed by atoms with Crippen LogP contribution < -0.4 is 10.7 Å². The summed E-state index contributed by atoms with van der Waals surface area (Å²) in [5, 5.41) is 7.84. The molecule has 28 heavy (non-hydrogen) atoms. The van der Waals surface area contributed by atoms with Gasteiger partial charge in [0.1, 0.15) is 0 Å². The number of aromatic nitrogens is 1. The fourth-order valence-electron chi connectivity index (χ4n) is 2.99. The first kappa shape index (κ1) is 19.7. The average Bonchev–Trinajstić information content (AvgIpc) is 2.95. The minimum absolute atomic E-state index is 0.152. The van der Waals surface area contributed by atoms with Crippen LogP contribution in [-0.4, -0.2) is 23.2 Å². The number of rotatable bonds is 6. The number of carbonyl (C=O) groups excluding carboxylic acids is 1. The Hall–Kier alpha value is -3.05. The van der Waals surface area contributed by atoms with Crippen LogP contribution >= 0.6 is 11.6 Å². The van der Waals surface area contributed by atoms with Crippen molar-refractivity contribution in [1.29, 1.82) is 0 Å². The van der Waals surface area contributed by atoms with Crippen LogP contribution in [0, 0.1) is 20.8 Å². The highest BCUT2D eigenvalue weighted by molar-refractivity contribution is 6.32. The molecule has 0 saturated heterocycles. The molecule has 0 radical (unpaired) electrons. The van der Waals surface area contributed by atoms with E-state index < -0.39 is 0 Å². The second-order valence-electron chi connectivity index (χ2n) is 6.63. The van der Waals surface area contributed by atoms with E-state index in [1.807, 2.05) is 75.4 Å². The van der Waals surface area contributed by atoms with E-state index in [1.54, 1.807) is 6.21 Å². The number of carbonyl (C=O) groups is 1. The summed E-state index contributed by atoms with van der Waals surface area (Å²) in [6.07, 6.45) is 1.65. The van der Waals surface area contributed by atoms with Crippen molar-refractivity contribution in [3.8, 4) is 5.69 Å². The number of hydrogen-bond donors (Lipinski definition) is 2. The highest BCUT2D eigenvalue weighted by atomic mass is 35.5. The number of amides is 1. The summed E-state index contributed by atoms with van der Waals surface area (Å²) in [7, 11) is 0. The number of benzene rings is 2. The van der Waals surface area contributed by atoms with Crippen LogP contribution in [0.5, 0.6) is 0 Å². The number of nitrogens with one attached hydrogen (secondary N) is 2. The summed E-state index contributed by atoms with van der Waals surface area (Å²) in [5.41, 5.74) is 8.51. The van der Waals surface area contributed by atoms with E-state index in [2.05, 4.69) is 20.4 Å². The maximum Gasteiger partial charge on any atom is 0.259 e. The molecule has 5 nitrogen and oxygen atoms in total. The molecular formula is C22H23ClN4O. The fraction of sp³-hybridized carbons (Fsp3) is 0.182. The van der Waals surface area contributed by atoms with Crippen molar-refractivity contribution in [2.24, 2.45) is 5.10 Å². The van der Waals surface area contributed by atoms with Gasteiger partial charge >= 0.3 is 0 Å². The third-order valence-electron chi connectivity index (χ3n) is 4.46. The van der Waals surface area contributed by atoms with E-state index in [0.29, 0.717) is 5.02 Å². The van der Waals surface area contributed by atoms with Gasteiger partial charge in [-0.25, -0.2) is 5.43 Å². The first-order valence-electron chi connectivity index (χ1n) is 9.02. The van der Waals surface area contributed by atoms with Crippen molar-refractivity contribution in [1.82, 2.24) is 9.99 Å². The van der Waals surface area contributed by atoms with Crippen LogP contribution in [0.2, 0.25) is 5.02 Å². The first-order valence-corrected chi connectivity index (χ1v) is 9.40. The zero-order valence-electron chi connectivity index (χ0n) is 16.2. The summed E-state index contributed by atoms with van der Waals surface area (Å²) in [6.45, 7) is 6.18. The number of hydrazone groups is 1. The lowest BCUT2D eigenvalue weighted by atomic mass is 10.2. The van der Waals surface area contributed by atoms with Gasteiger partial charge in [-0.15, -0.1) is 0 Å². The molecular weight excluding hydrogens is 372 g/mol. The number of hydrogen-bond acceptors (Lipinski definition) is 3. The van der Waals surface area contributed by atoms with E-state index in [-0.39, 0.29) is 12.5 Å². The van der Waals surface area contributed by atoms with Gasteiger partial charge in [-0.2, -0.15) is 5.10 Å². The summed E-state index contributed by atoms with van der Waals surface area (Å²) in [6, 6.07) is 17.6. The van der Waals surface area contributed by atoms with Crippen LogP contribution in [0.15, 0.2) is 59.7 Å². The van der Waals surface area contributed by atoms with Crippen LogP contribution in [-0.2, 0) is 4.79 Å². The molecule has 1 amide bonds. The largest absolute Gasteiger partial charge is 0.376 e. The first-order chi connectivity index (χ1) is 13.5. The van der Waals surface area contributed by atoms with E-state index >= 15 is 0 Å². The third kappa shape index (κ3) is 4.61. The Balaban J connectivity index is 1.63. The zero-order chi connectivity index (χ0) is 20.1. The summed E-state index contributed by atoms with van der Waals surface area (Å²) in [5.74, 6) is -0.211. The molecule has 0 aliphatic carbocycles. The van der Waals surface area contributed by atoms with Gasteiger partial charge in [0.15, 0.2) is 0 Å². The Morgan fingerprint density at radius 2 is 1.82 bits per heavy atom. The summed E-state index contributed by atoms with van der Waals surface area (Å²) < 4.78 is 2.07. The summed E-state index contributed by atoms with van der Waals surface area (Å²) in [4.78, 5) is 12.0. The molecule has 0 atom stereocenters. The maximum absolute atomic E-state index is 12.0. The average molecular weight is 395 g/mol. The van der Waals surface area contributed by atoms with Crippen molar-refractivity contribution in [2.45, 2.75) is 20.8 Å². The van der Waals surface area contributed by atoms with Crippen molar-refractivity contribution in [3.63, 3.8) is 0 Å². The second-order valence-corrected chi connectivity index (χ2v) is 7.03. The summed E-state index contributed by atoms with van der Waals surface area (Å²) >= 11 is 6.33. The highest BCUT2D eigenvalue weighted by Gasteiger charge is 2.11. The molecule has 3 rings (SSSR count). The van der Waals surface area contributed by atoms with Crippen molar-refractivity contribution >= 4 is 29.4 Å². The standard InChI is InChI=1S/C22H23ClN4O/c1-15-8-10-19(11-9-15)24-14-22(28)26-25-13-18-12-16(2)27(17(18)3)21-7-5-4-6-20(21)23/h4-13,24H,14H2,1-3H3,(H,26,28)/b25-13-. The maximum atomic E-state index is 12.0. The number of aryl methyl sites for hydroxylation is 2. The Labute approximate surface area is 170 Å². The Morgan fingerprint density at radius 3 is 2.54 bits per heavy atom. The van der Waals surface area contributed by atoms with Gasteiger partial charge in [0.2, 0.25) is 0 Å². The SMILES string of the molecule is Cc1ccc(NCC(=O)N/N=C\c2cc(C)n(-c3ccccc3Cl)c2C)cc1. The van der Waals surface area contributed by atoms with Crippen LogP contribution in [0.3, 0.4) is 0 Å². The van der Waals surface area contributed by atoms with E-state index in [0.717, 1.165) is 28.3 Å². The molecule has 0 saturated carbocycles. The van der Waals surface area contributed by atoms with Gasteiger partial charge in [0, 0.05) is 22.6 Å². The smallest absolute Gasteiger partial charge is 0.259 e. The van der Waals surface area contributed by atoms with Crippen molar-refractivity contribution < 1.29 is 4.79 Å². The Kier molecular flexibility index (Phi) is 6.16. The second kappa shape index (κ2) is 8.76. The molecule has 0 aliphatic heterocycles. The molecule has 0 unspecified atom stereocenters. The normalized spacial score (nSPS) is 11.0. The number of anilines is 1. The predicted molar refractivity (Wildman–Crippen MR) is 116 cm³/mol. The molecule has 2 aromatic carbocycles. The van der Waals surface area contributed by atoms with Crippen molar-refractivity contribution in [2.75, 3.05) is 11.9 Å². The number of para-hydroxylation sites is 1. The van der Waals surface area contributed by atoms with Crippen LogP contribution in [0.4, 0.5) is 5.69 Å². The molecule has 144 valence electrons. The van der Waals surface area contributed by atoms with Gasteiger partial charge in [-0.05, 0) is 51.1 Å². The van der Waals surface area contributed by atoms with Gasteiger partial charge < -0.3 is 9.88 Å². The van der Waals surface area contributed by atoms with Crippen molar-refractivity contribution in [3.05, 3.63) is 82.1 Å². The van der Waals surface area contributed by atoms with Gasteiger partial charge in [-0.1, -0.05) is 41.4 Å². The van der Waals surface area contributed by atoms with Gasteiger partial charge in [0.25, 0.3) is 5.91 Å². The monoisotopic (exact) mass is 394 g/mol. The minimum atomic E-state index is -0.211. The quantitative estimate of drug-likeness (QED) is 0.473. The number of nitrogens with zero attached hydrogens (tertiary/aromatic N) is 2. The molecule has 0 aliphatic rings. The lowest BCUT2D eigenvalue weighted by Crippen LogP contribution is -2.25. The third-order valence-corrected chi connectivity index (χ3v) is 4.78. The van der Waals surface area contributed by atoms with Crippen LogP contribution in [0.1, 0.15) is 22.5 Å². The topological polar surface area (TPSA) is 58.4 Å². The molecule has 6 heteroatoms. The number of halogens is 1. The lowest BCUT2D eigenvalue weighted by molar-refractivity contribution is -0.119. The highest BCUT2D eigenvalue weighted by Crippen LogP contribution is 2.25. The Morgan fingerprint density at radius 1 is 1.11 bits per heavy atom. The zero-order valence-corrected chi connectivity index (χ0v) is 16.9. The van der Waals surface area contributed by atoms with Gasteiger partial charge in [-0.3, -0.25) is 4.79 Å². The molecule has 2 N–H and O–H groups in total. The van der Waals surface area contributed by atoms with E-state index in [1.165, 1.54) is 5.56 Å². The molecule has 1 heterocycles. The predicted octanol–water partition coefficient (Wildman–Crippen LogP) is 4.62. The van der Waals surface area contributed by atoms with E-state index in [9.17, 15) is 4.79 Å². The Bertz CT molecular complexity index is 1010.